The summed E-state index contributed by atoms with van der Waals surface area (Å²) in [6.07, 6.45) is -45.4. The Bertz CT molecular complexity index is 2160. The molecule has 0 amide bonds. The van der Waals surface area contributed by atoms with Gasteiger partial charge in [-0.05, 0) is 49.9 Å². The van der Waals surface area contributed by atoms with Crippen molar-refractivity contribution in [1.82, 2.24) is 0 Å². The van der Waals surface area contributed by atoms with Gasteiger partial charge >= 0.3 is 49.4 Å². The molecular formula is C42H26BF24NO. The second-order valence-electron chi connectivity index (χ2n) is 15.5. The molecule has 0 saturated heterocycles. The van der Waals surface area contributed by atoms with Crippen LogP contribution in [-0.2, 0) is 49.4 Å². The summed E-state index contributed by atoms with van der Waals surface area (Å²) in [5.74, 6) is 0. The normalized spacial score (nSPS) is 15.0. The van der Waals surface area contributed by atoms with E-state index in [9.17, 15) is 105 Å². The van der Waals surface area contributed by atoms with Crippen LogP contribution in [0.5, 0.6) is 0 Å². The fourth-order valence-electron chi connectivity index (χ4n) is 7.69. The maximum absolute atomic E-state index is 14.2. The minimum Gasteiger partial charge on any atom is -0.268 e. The third-order valence-corrected chi connectivity index (χ3v) is 10.7. The van der Waals surface area contributed by atoms with Crippen LogP contribution in [0, 0.1) is 0 Å². The quantitative estimate of drug-likeness (QED) is 0.0938. The second kappa shape index (κ2) is 18.5. The van der Waals surface area contributed by atoms with Crippen molar-refractivity contribution in [1.29, 1.82) is 0 Å². The van der Waals surface area contributed by atoms with Gasteiger partial charge in [-0.3, -0.25) is 4.84 Å². The number of nitrogens with zero attached hydrogens (tertiary/aromatic N) is 1. The highest BCUT2D eigenvalue weighted by Crippen LogP contribution is 2.41. The van der Waals surface area contributed by atoms with E-state index in [1.54, 1.807) is 4.73 Å². The van der Waals surface area contributed by atoms with E-state index in [-0.39, 0.29) is 0 Å². The van der Waals surface area contributed by atoms with Gasteiger partial charge < -0.3 is 0 Å². The monoisotopic (exact) mass is 1030 g/mol. The lowest BCUT2D eigenvalue weighted by molar-refractivity contribution is -0.898. The fraction of sp³-hybridized carbons (Fsp3) is 0.310. The highest BCUT2D eigenvalue weighted by molar-refractivity contribution is 7.20. The lowest BCUT2D eigenvalue weighted by atomic mass is 9.12. The van der Waals surface area contributed by atoms with Crippen LogP contribution in [0.25, 0.3) is 0 Å². The Labute approximate surface area is 372 Å². The third kappa shape index (κ3) is 12.7. The summed E-state index contributed by atoms with van der Waals surface area (Å²) in [4.78, 5) is 5.69. The molecule has 0 radical (unpaired) electrons. The molecule has 1 fully saturated rings. The molecule has 5 aromatic rings. The Kier molecular flexibility index (Phi) is 14.5. The summed E-state index contributed by atoms with van der Waals surface area (Å²) in [6, 6.07) is -2.85. The van der Waals surface area contributed by atoms with Crippen molar-refractivity contribution in [2.24, 2.45) is 0 Å². The van der Waals surface area contributed by atoms with Crippen molar-refractivity contribution in [3.63, 3.8) is 0 Å². The van der Waals surface area contributed by atoms with Gasteiger partial charge in [0.25, 0.3) is 0 Å². The molecular weight excluding hydrogens is 1000 g/mol. The Balaban J connectivity index is 0.000000636. The lowest BCUT2D eigenvalue weighted by Gasteiger charge is -2.46. The first-order valence-electron chi connectivity index (χ1n) is 19.2. The molecule has 1 aliphatic rings. The number of alkyl halides is 24. The first kappa shape index (κ1) is 54.2. The molecule has 0 spiro atoms. The van der Waals surface area contributed by atoms with Gasteiger partial charge in [-0.1, -0.05) is 54.6 Å². The first-order chi connectivity index (χ1) is 31.2. The molecule has 69 heavy (non-hydrogen) atoms. The predicted molar refractivity (Wildman–Crippen MR) is 196 cm³/mol. The van der Waals surface area contributed by atoms with Crippen molar-refractivity contribution in [2.45, 2.75) is 81.2 Å². The van der Waals surface area contributed by atoms with Gasteiger partial charge in [-0.2, -0.15) is 127 Å². The molecule has 6 rings (SSSR count). The van der Waals surface area contributed by atoms with Crippen molar-refractivity contribution >= 4 is 28.0 Å². The van der Waals surface area contributed by atoms with Crippen molar-refractivity contribution in [3.05, 3.63) is 148 Å². The summed E-state index contributed by atoms with van der Waals surface area (Å²) in [5, 5.41) is 0. The molecule has 27 heteroatoms. The van der Waals surface area contributed by atoms with Crippen molar-refractivity contribution in [2.75, 3.05) is 0 Å². The van der Waals surface area contributed by atoms with E-state index < -0.39 is 195 Å². The van der Waals surface area contributed by atoms with E-state index in [4.69, 9.17) is 4.84 Å². The van der Waals surface area contributed by atoms with Crippen LogP contribution in [0.2, 0.25) is 0 Å². The fourth-order valence-corrected chi connectivity index (χ4v) is 7.69. The number of halogens is 24. The highest BCUT2D eigenvalue weighted by atomic mass is 19.4. The average Bonchev–Trinajstić information content (AvgIpc) is 3.72. The Morgan fingerprint density at radius 1 is 0.319 bits per heavy atom. The van der Waals surface area contributed by atoms with E-state index in [0.29, 0.717) is 6.10 Å². The molecule has 1 saturated carbocycles. The minimum absolute atomic E-state index is 0.442. The Morgan fingerprint density at radius 3 is 0.710 bits per heavy atom. The molecule has 1 aromatic heterocycles. The summed E-state index contributed by atoms with van der Waals surface area (Å²) >= 11 is 0. The van der Waals surface area contributed by atoms with Gasteiger partial charge in [0.05, 0.1) is 44.5 Å². The maximum Gasteiger partial charge on any atom is 0.416 e. The first-order valence-corrected chi connectivity index (χ1v) is 19.2. The van der Waals surface area contributed by atoms with Gasteiger partial charge in [0, 0.05) is 16.9 Å². The van der Waals surface area contributed by atoms with E-state index in [1.807, 2.05) is 30.6 Å². The van der Waals surface area contributed by atoms with Crippen LogP contribution in [0.15, 0.2) is 103 Å². The van der Waals surface area contributed by atoms with Crippen molar-refractivity contribution < 1.29 is 115 Å². The van der Waals surface area contributed by atoms with Crippen LogP contribution in [0.4, 0.5) is 105 Å². The SMILES string of the molecule is FC(F)(F)c1cc([B-](c2cc(C(F)(F)F)cc(C(F)(F)F)c2)(c2cc(C(F)(F)F)cc(C(F)(F)F)c2)c2cc(C(F)(F)F)cc(C(F)(F)F)c2)cc(C(F)(F)F)c1.c1cc[n+](OC2CCCC2)cc1. The molecule has 0 bridgehead atoms. The molecule has 376 valence electrons. The Morgan fingerprint density at radius 2 is 0.522 bits per heavy atom. The molecule has 2 nitrogen and oxygen atoms in total. The number of rotatable bonds is 6. The zero-order valence-corrected chi connectivity index (χ0v) is 33.7. The second-order valence-corrected chi connectivity index (χ2v) is 15.5. The van der Waals surface area contributed by atoms with Crippen LogP contribution >= 0.6 is 0 Å². The number of hydrogen-bond acceptors (Lipinski definition) is 1. The topological polar surface area (TPSA) is 13.1 Å². The van der Waals surface area contributed by atoms with Crippen LogP contribution < -0.4 is 31.4 Å². The highest BCUT2D eigenvalue weighted by Gasteiger charge is 2.47. The summed E-state index contributed by atoms with van der Waals surface area (Å²) in [7, 11) is 0. The average molecular weight is 1030 g/mol. The van der Waals surface area contributed by atoms with Gasteiger partial charge in [-0.15, -0.1) is 0 Å². The minimum atomic E-state index is -6.13. The van der Waals surface area contributed by atoms with E-state index in [1.165, 1.54) is 25.7 Å². The molecule has 1 aliphatic carbocycles. The standard InChI is InChI=1S/C32H12BF24.C10H14NO/c34-25(35,36)13-1-14(26(37,38)39)6-21(5-13)33(22-7-15(27(40,41)42)2-16(8-22)28(43,44)45,23-9-17(29(46,47)48)3-18(10-23)30(49,50)51)24-11-19(31(52,53)54)4-20(12-24)32(55,56)57;1-4-8-11(9-5-1)12-10-6-2-3-7-10/h1-12H;1,4-5,8-10H,2-3,6-7H2/q-1;+1. The van der Waals surface area contributed by atoms with Gasteiger partial charge in [-0.25, -0.2) is 0 Å². The zero-order chi connectivity index (χ0) is 52.1. The summed E-state index contributed by atoms with van der Waals surface area (Å²) < 4.78 is 343. The number of aromatic nitrogens is 1. The lowest BCUT2D eigenvalue weighted by Crippen LogP contribution is -2.75. The molecule has 0 atom stereocenters. The zero-order valence-electron chi connectivity index (χ0n) is 33.7. The van der Waals surface area contributed by atoms with Gasteiger partial charge in [0.1, 0.15) is 6.15 Å². The van der Waals surface area contributed by atoms with Crippen LogP contribution in [0.1, 0.15) is 70.2 Å². The summed E-state index contributed by atoms with van der Waals surface area (Å²) in [5.41, 5.74) is -30.2. The van der Waals surface area contributed by atoms with Crippen LogP contribution in [-0.4, -0.2) is 12.2 Å². The van der Waals surface area contributed by atoms with E-state index in [0.717, 1.165) is 0 Å². The molecule has 0 aliphatic heterocycles. The molecule has 1 heterocycles. The molecule has 4 aromatic carbocycles. The van der Waals surface area contributed by atoms with E-state index in [2.05, 4.69) is 0 Å². The molecule has 0 N–H and O–H groups in total. The summed E-state index contributed by atoms with van der Waals surface area (Å²) in [6.45, 7) is 0. The van der Waals surface area contributed by atoms with E-state index >= 15 is 0 Å². The Hall–Kier alpha value is -5.79. The third-order valence-electron chi connectivity index (χ3n) is 10.7. The van der Waals surface area contributed by atoms with Crippen molar-refractivity contribution in [3.8, 4) is 0 Å². The largest absolute Gasteiger partial charge is 0.416 e. The van der Waals surface area contributed by atoms with Gasteiger partial charge in [0.2, 0.25) is 12.4 Å². The molecule has 0 unspecified atom stereocenters. The number of hydrogen-bond donors (Lipinski definition) is 0. The smallest absolute Gasteiger partial charge is 0.268 e. The predicted octanol–water partition coefficient (Wildman–Crippen LogP) is 12.6. The maximum atomic E-state index is 14.2. The number of pyridine rings is 1. The van der Waals surface area contributed by atoms with Gasteiger partial charge in [0.15, 0.2) is 6.10 Å². The number of benzene rings is 4. The van der Waals surface area contributed by atoms with Crippen LogP contribution in [0.3, 0.4) is 0 Å².